The Morgan fingerprint density at radius 1 is 1.42 bits per heavy atom. The number of hydrogen-bond acceptors (Lipinski definition) is 4. The van der Waals surface area contributed by atoms with Crippen LogP contribution in [-0.4, -0.2) is 33.1 Å². The number of aliphatic hydroxyl groups is 1. The van der Waals surface area contributed by atoms with E-state index in [1.54, 1.807) is 12.3 Å². The van der Waals surface area contributed by atoms with Crippen molar-refractivity contribution >= 4 is 5.91 Å². The maximum Gasteiger partial charge on any atom is 0.270 e. The third kappa shape index (κ3) is 2.61. The topological polar surface area (TPSA) is 75.1 Å². The molecule has 2 fully saturated rings. The SMILES string of the molecule is O=C(NC1(CO)CCCC1)c1ccnc(C2CC2)n1. The van der Waals surface area contributed by atoms with Crippen molar-refractivity contribution < 1.29 is 9.90 Å². The minimum Gasteiger partial charge on any atom is -0.394 e. The number of nitrogens with one attached hydrogen (secondary N) is 1. The van der Waals surface area contributed by atoms with E-state index in [0.29, 0.717) is 11.6 Å². The minimum atomic E-state index is -0.443. The van der Waals surface area contributed by atoms with Crippen LogP contribution in [0, 0.1) is 0 Å². The Labute approximate surface area is 112 Å². The van der Waals surface area contributed by atoms with Gasteiger partial charge in [-0.05, 0) is 31.7 Å². The summed E-state index contributed by atoms with van der Waals surface area (Å²) in [7, 11) is 0. The number of rotatable bonds is 4. The molecule has 3 rings (SSSR count). The number of aromatic nitrogens is 2. The van der Waals surface area contributed by atoms with Gasteiger partial charge in [-0.15, -0.1) is 0 Å². The molecule has 2 aliphatic carbocycles. The number of carbonyl (C=O) groups excluding carboxylic acids is 1. The standard InChI is InChI=1S/C14H19N3O2/c18-9-14(6-1-2-7-14)17-13(19)11-5-8-15-12(16-11)10-3-4-10/h5,8,10,18H,1-4,6-7,9H2,(H,17,19). The van der Waals surface area contributed by atoms with Crippen LogP contribution >= 0.6 is 0 Å². The maximum absolute atomic E-state index is 12.2. The first-order valence-corrected chi connectivity index (χ1v) is 6.99. The van der Waals surface area contributed by atoms with Gasteiger partial charge in [0.15, 0.2) is 0 Å². The van der Waals surface area contributed by atoms with Gasteiger partial charge in [0.25, 0.3) is 5.91 Å². The Balaban J connectivity index is 1.74. The van der Waals surface area contributed by atoms with E-state index in [1.807, 2.05) is 0 Å². The first-order chi connectivity index (χ1) is 9.22. The molecule has 2 saturated carbocycles. The molecule has 102 valence electrons. The summed E-state index contributed by atoms with van der Waals surface area (Å²) in [5.74, 6) is 1.02. The molecule has 0 aromatic carbocycles. The molecule has 1 amide bonds. The molecule has 2 aliphatic rings. The van der Waals surface area contributed by atoms with Crippen molar-refractivity contribution in [1.82, 2.24) is 15.3 Å². The van der Waals surface area contributed by atoms with Crippen LogP contribution in [0.4, 0.5) is 0 Å². The van der Waals surface area contributed by atoms with Gasteiger partial charge in [-0.3, -0.25) is 4.79 Å². The Morgan fingerprint density at radius 2 is 2.16 bits per heavy atom. The average Bonchev–Trinajstić information content (AvgIpc) is 3.20. The molecule has 5 heteroatoms. The third-order valence-corrected chi connectivity index (χ3v) is 4.09. The molecule has 0 saturated heterocycles. The normalized spacial score (nSPS) is 21.3. The first-order valence-electron chi connectivity index (χ1n) is 6.99. The van der Waals surface area contributed by atoms with Crippen LogP contribution in [0.1, 0.15) is 60.8 Å². The molecule has 0 bridgehead atoms. The summed E-state index contributed by atoms with van der Waals surface area (Å²) in [5.41, 5.74) is -0.0291. The predicted molar refractivity (Wildman–Crippen MR) is 69.8 cm³/mol. The minimum absolute atomic E-state index is 0.000689. The predicted octanol–water partition coefficient (Wildman–Crippen LogP) is 1.39. The summed E-state index contributed by atoms with van der Waals surface area (Å²) in [6.07, 6.45) is 7.68. The lowest BCUT2D eigenvalue weighted by molar-refractivity contribution is 0.0833. The first kappa shape index (κ1) is 12.5. The summed E-state index contributed by atoms with van der Waals surface area (Å²) in [6, 6.07) is 1.64. The second kappa shape index (κ2) is 4.89. The van der Waals surface area contributed by atoms with Crippen molar-refractivity contribution in [3.63, 3.8) is 0 Å². The number of carbonyl (C=O) groups is 1. The van der Waals surface area contributed by atoms with Gasteiger partial charge in [0, 0.05) is 12.1 Å². The molecule has 5 nitrogen and oxygen atoms in total. The second-order valence-corrected chi connectivity index (χ2v) is 5.67. The van der Waals surface area contributed by atoms with Crippen molar-refractivity contribution in [2.45, 2.75) is 50.0 Å². The van der Waals surface area contributed by atoms with Gasteiger partial charge in [-0.25, -0.2) is 9.97 Å². The zero-order valence-corrected chi connectivity index (χ0v) is 10.9. The Hall–Kier alpha value is -1.49. The highest BCUT2D eigenvalue weighted by Crippen LogP contribution is 2.37. The van der Waals surface area contributed by atoms with E-state index in [9.17, 15) is 9.90 Å². The van der Waals surface area contributed by atoms with Gasteiger partial charge in [-0.2, -0.15) is 0 Å². The van der Waals surface area contributed by atoms with Crippen LogP contribution in [0.3, 0.4) is 0 Å². The summed E-state index contributed by atoms with van der Waals surface area (Å²) < 4.78 is 0. The van der Waals surface area contributed by atoms with E-state index in [2.05, 4.69) is 15.3 Å². The largest absolute Gasteiger partial charge is 0.394 e. The molecule has 0 spiro atoms. The molecule has 1 heterocycles. The number of amides is 1. The lowest BCUT2D eigenvalue weighted by Crippen LogP contribution is -2.49. The Kier molecular flexibility index (Phi) is 3.22. The van der Waals surface area contributed by atoms with Gasteiger partial charge in [0.2, 0.25) is 0 Å². The summed E-state index contributed by atoms with van der Waals surface area (Å²) in [5, 5.41) is 12.5. The highest BCUT2D eigenvalue weighted by molar-refractivity contribution is 5.92. The van der Waals surface area contributed by atoms with Crippen LogP contribution in [0.25, 0.3) is 0 Å². The molecule has 19 heavy (non-hydrogen) atoms. The molecule has 0 aliphatic heterocycles. The molecular weight excluding hydrogens is 242 g/mol. The molecule has 0 atom stereocenters. The quantitative estimate of drug-likeness (QED) is 0.858. The molecule has 0 radical (unpaired) electrons. The van der Waals surface area contributed by atoms with E-state index in [4.69, 9.17) is 0 Å². The van der Waals surface area contributed by atoms with Crippen LogP contribution in [-0.2, 0) is 0 Å². The summed E-state index contributed by atoms with van der Waals surface area (Å²) in [6.45, 7) is -0.000689. The number of hydrogen-bond donors (Lipinski definition) is 2. The average molecular weight is 261 g/mol. The zero-order valence-electron chi connectivity index (χ0n) is 10.9. The fourth-order valence-electron chi connectivity index (χ4n) is 2.72. The van der Waals surface area contributed by atoms with Crippen LogP contribution in [0.15, 0.2) is 12.3 Å². The van der Waals surface area contributed by atoms with Gasteiger partial charge in [-0.1, -0.05) is 12.8 Å². The van der Waals surface area contributed by atoms with Crippen molar-refractivity contribution in [3.8, 4) is 0 Å². The van der Waals surface area contributed by atoms with Crippen molar-refractivity contribution in [2.75, 3.05) is 6.61 Å². The third-order valence-electron chi connectivity index (χ3n) is 4.09. The number of aliphatic hydroxyl groups excluding tert-OH is 1. The van der Waals surface area contributed by atoms with Crippen LogP contribution in [0.2, 0.25) is 0 Å². The van der Waals surface area contributed by atoms with Crippen molar-refractivity contribution in [3.05, 3.63) is 23.8 Å². The zero-order chi connectivity index (χ0) is 13.3. The highest BCUT2D eigenvalue weighted by Gasteiger charge is 2.35. The smallest absolute Gasteiger partial charge is 0.270 e. The Bertz CT molecular complexity index is 479. The van der Waals surface area contributed by atoms with Gasteiger partial charge >= 0.3 is 0 Å². The lowest BCUT2D eigenvalue weighted by Gasteiger charge is -2.27. The van der Waals surface area contributed by atoms with E-state index < -0.39 is 5.54 Å². The second-order valence-electron chi connectivity index (χ2n) is 5.67. The molecule has 1 aromatic heterocycles. The summed E-state index contributed by atoms with van der Waals surface area (Å²) in [4.78, 5) is 20.8. The van der Waals surface area contributed by atoms with Crippen LogP contribution < -0.4 is 5.32 Å². The highest BCUT2D eigenvalue weighted by atomic mass is 16.3. The van der Waals surface area contributed by atoms with Crippen LogP contribution in [0.5, 0.6) is 0 Å². The lowest BCUT2D eigenvalue weighted by atomic mass is 9.99. The fraction of sp³-hybridized carbons (Fsp3) is 0.643. The Morgan fingerprint density at radius 3 is 2.79 bits per heavy atom. The van der Waals surface area contributed by atoms with Crippen molar-refractivity contribution in [2.24, 2.45) is 0 Å². The fourth-order valence-corrected chi connectivity index (χ4v) is 2.72. The monoisotopic (exact) mass is 261 g/mol. The molecule has 0 unspecified atom stereocenters. The van der Waals surface area contributed by atoms with E-state index in [1.165, 1.54) is 0 Å². The molecule has 1 aromatic rings. The summed E-state index contributed by atoms with van der Waals surface area (Å²) >= 11 is 0. The van der Waals surface area contributed by atoms with Gasteiger partial charge in [0.05, 0.1) is 12.1 Å². The number of nitrogens with zero attached hydrogens (tertiary/aromatic N) is 2. The maximum atomic E-state index is 12.2. The molecule has 2 N–H and O–H groups in total. The van der Waals surface area contributed by atoms with Gasteiger partial charge in [0.1, 0.15) is 11.5 Å². The van der Waals surface area contributed by atoms with E-state index in [0.717, 1.165) is 44.3 Å². The van der Waals surface area contributed by atoms with Gasteiger partial charge < -0.3 is 10.4 Å². The van der Waals surface area contributed by atoms with E-state index >= 15 is 0 Å². The molecular formula is C14H19N3O2. The van der Waals surface area contributed by atoms with Crippen molar-refractivity contribution in [1.29, 1.82) is 0 Å². The van der Waals surface area contributed by atoms with E-state index in [-0.39, 0.29) is 12.5 Å².